The Labute approximate surface area is 454 Å². The number of hydrogen-bond donors (Lipinski definition) is 0. The smallest absolute Gasteiger partial charge is 0.0468 e. The minimum atomic E-state index is 1.13. The Kier molecular flexibility index (Phi) is 10.1. The molecule has 4 aromatic heterocycles. The first-order valence-corrected chi connectivity index (χ1v) is 28.9. The molecule has 0 bridgehead atoms. The molecular weight excluding hydrogens is 997 g/mol. The van der Waals surface area contributed by atoms with Gasteiger partial charge in [0, 0.05) is 115 Å². The zero-order valence-corrected chi connectivity index (χ0v) is 44.0. The molecule has 0 aliphatic rings. The highest BCUT2D eigenvalue weighted by atomic mass is 32.1. The Bertz CT molecular complexity index is 4620. The largest absolute Gasteiger partial charge is 0.310 e. The average molecular weight is 1040 g/mol. The fraction of sp³-hybridized carbons (Fsp3) is 0. The Morgan fingerprint density at radius 1 is 0.184 bits per heavy atom. The lowest BCUT2D eigenvalue weighted by Crippen LogP contribution is -2.09. The van der Waals surface area contributed by atoms with E-state index in [0.29, 0.717) is 0 Å². The highest BCUT2D eigenvalue weighted by molar-refractivity contribution is 7.27. The lowest BCUT2D eigenvalue weighted by atomic mass is 9.97. The van der Waals surface area contributed by atoms with E-state index in [0.717, 1.165) is 34.1 Å². The Balaban J connectivity index is 0.717. The predicted molar refractivity (Wildman–Crippen MR) is 336 cm³/mol. The van der Waals surface area contributed by atoms with Crippen LogP contribution in [0.15, 0.2) is 255 Å². The normalized spacial score (nSPS) is 11.9. The SMILES string of the molecule is c1ccc(N(c2ccc(-c3ccc4c(c3)sc3ccc5c(ccc6sc7cc(-c8ccc(N(c9ccccc9)c9ccc%10sc%11ccccc%11c%10c9)cc8)ccc7c65)c34)cc2)c2ccc3sc4ccccc4c3c2)cc1. The molecule has 0 aliphatic heterocycles. The molecule has 4 heterocycles. The molecule has 12 aromatic carbocycles. The molecule has 0 radical (unpaired) electrons. The van der Waals surface area contributed by atoms with Crippen molar-refractivity contribution < 1.29 is 0 Å². The van der Waals surface area contributed by atoms with Gasteiger partial charge in [0.2, 0.25) is 0 Å². The molecule has 0 atom stereocenters. The molecule has 0 spiro atoms. The monoisotopic (exact) mass is 1040 g/mol. The fourth-order valence-electron chi connectivity index (χ4n) is 11.7. The van der Waals surface area contributed by atoms with Crippen molar-refractivity contribution in [2.24, 2.45) is 0 Å². The number of hydrogen-bond acceptors (Lipinski definition) is 6. The molecule has 16 aromatic rings. The molecule has 0 unspecified atom stereocenters. The van der Waals surface area contributed by atoms with Gasteiger partial charge in [-0.05, 0) is 154 Å². The molecular formula is C70H42N2S4. The van der Waals surface area contributed by atoms with Gasteiger partial charge in [0.25, 0.3) is 0 Å². The maximum Gasteiger partial charge on any atom is 0.0468 e. The third-order valence-corrected chi connectivity index (χ3v) is 19.8. The van der Waals surface area contributed by atoms with Gasteiger partial charge in [-0.1, -0.05) is 133 Å². The van der Waals surface area contributed by atoms with Crippen LogP contribution in [0.3, 0.4) is 0 Å². The summed E-state index contributed by atoms with van der Waals surface area (Å²) in [4.78, 5) is 4.74. The summed E-state index contributed by atoms with van der Waals surface area (Å²) in [6.45, 7) is 0. The van der Waals surface area contributed by atoms with Crippen molar-refractivity contribution in [3.8, 4) is 22.3 Å². The van der Waals surface area contributed by atoms with E-state index < -0.39 is 0 Å². The number of fused-ring (bicyclic) bond motifs is 15. The first-order valence-electron chi connectivity index (χ1n) is 25.6. The van der Waals surface area contributed by atoms with Crippen LogP contribution in [-0.2, 0) is 0 Å². The molecule has 0 saturated carbocycles. The van der Waals surface area contributed by atoms with Gasteiger partial charge in [-0.3, -0.25) is 0 Å². The molecule has 0 fully saturated rings. The van der Waals surface area contributed by atoms with Crippen molar-refractivity contribution in [1.29, 1.82) is 0 Å². The summed E-state index contributed by atoms with van der Waals surface area (Å²) in [7, 11) is 0. The van der Waals surface area contributed by atoms with Crippen LogP contribution in [0.2, 0.25) is 0 Å². The fourth-order valence-corrected chi connectivity index (χ4v) is 16.2. The van der Waals surface area contributed by atoms with Gasteiger partial charge in [-0.15, -0.1) is 45.3 Å². The van der Waals surface area contributed by atoms with Crippen molar-refractivity contribution in [1.82, 2.24) is 0 Å². The van der Waals surface area contributed by atoms with Gasteiger partial charge in [0.15, 0.2) is 0 Å². The first-order chi connectivity index (χ1) is 37.6. The average Bonchev–Trinajstić information content (AvgIpc) is 4.32. The van der Waals surface area contributed by atoms with Crippen molar-refractivity contribution >= 4 is 171 Å². The number of para-hydroxylation sites is 2. The summed E-state index contributed by atoms with van der Waals surface area (Å²) in [6, 6.07) is 94.4. The van der Waals surface area contributed by atoms with Crippen molar-refractivity contribution in [2.75, 3.05) is 9.80 Å². The van der Waals surface area contributed by atoms with Crippen molar-refractivity contribution in [2.45, 2.75) is 0 Å². The molecule has 356 valence electrons. The Hall–Kier alpha value is -8.62. The zero-order valence-electron chi connectivity index (χ0n) is 40.8. The summed E-state index contributed by atoms with van der Waals surface area (Å²) in [5, 5.41) is 13.2. The summed E-state index contributed by atoms with van der Waals surface area (Å²) in [5.74, 6) is 0. The molecule has 2 nitrogen and oxygen atoms in total. The second kappa shape index (κ2) is 17.5. The molecule has 0 aliphatic carbocycles. The van der Waals surface area contributed by atoms with Crippen LogP contribution in [0.4, 0.5) is 34.1 Å². The number of anilines is 6. The summed E-state index contributed by atoms with van der Waals surface area (Å²) >= 11 is 7.50. The van der Waals surface area contributed by atoms with Gasteiger partial charge in [0.1, 0.15) is 0 Å². The van der Waals surface area contributed by atoms with E-state index in [-0.39, 0.29) is 0 Å². The third-order valence-electron chi connectivity index (χ3n) is 15.2. The van der Waals surface area contributed by atoms with Gasteiger partial charge in [0.05, 0.1) is 0 Å². The van der Waals surface area contributed by atoms with Crippen molar-refractivity contribution in [3.05, 3.63) is 255 Å². The van der Waals surface area contributed by atoms with Crippen LogP contribution >= 0.6 is 45.3 Å². The summed E-state index contributed by atoms with van der Waals surface area (Å²) in [5.41, 5.74) is 11.7. The first kappa shape index (κ1) is 43.7. The summed E-state index contributed by atoms with van der Waals surface area (Å²) in [6.07, 6.45) is 0. The Morgan fingerprint density at radius 2 is 0.513 bits per heavy atom. The maximum absolute atomic E-state index is 2.39. The molecule has 16 rings (SSSR count). The number of rotatable bonds is 8. The van der Waals surface area contributed by atoms with Gasteiger partial charge in [-0.2, -0.15) is 0 Å². The van der Waals surface area contributed by atoms with Crippen molar-refractivity contribution in [3.63, 3.8) is 0 Å². The van der Waals surface area contributed by atoms with Gasteiger partial charge in [-0.25, -0.2) is 0 Å². The lowest BCUT2D eigenvalue weighted by Gasteiger charge is -2.26. The maximum atomic E-state index is 2.39. The van der Waals surface area contributed by atoms with E-state index in [2.05, 4.69) is 265 Å². The third kappa shape index (κ3) is 7.10. The highest BCUT2D eigenvalue weighted by Gasteiger charge is 2.19. The van der Waals surface area contributed by atoms with Crippen LogP contribution in [0.25, 0.3) is 114 Å². The van der Waals surface area contributed by atoms with Crippen LogP contribution in [-0.4, -0.2) is 0 Å². The molecule has 0 amide bonds. The van der Waals surface area contributed by atoms with E-state index >= 15 is 0 Å². The Morgan fingerprint density at radius 3 is 0.961 bits per heavy atom. The molecule has 76 heavy (non-hydrogen) atoms. The van der Waals surface area contributed by atoms with E-state index in [1.54, 1.807) is 0 Å². The van der Waals surface area contributed by atoms with Crippen LogP contribution in [0, 0.1) is 0 Å². The van der Waals surface area contributed by atoms with E-state index in [1.165, 1.54) is 114 Å². The minimum absolute atomic E-state index is 1.13. The standard InChI is InChI=1S/C70H42N2S4/c1-3-11-47(12-4-1)71(51-29-35-63-59(41-51)53-15-7-9-17-61(53)73-63)49-25-19-43(20-26-49)45-23-31-57-67(39-45)75-65-37-33-56-55(69(57)65)34-38-66-70(56)58-32-24-46(40-68(58)76-66)44-21-27-50(28-22-44)72(48-13-5-2-6-14-48)52-30-36-64-60(42-52)54-16-8-10-18-62(54)74-64/h1-42H. The van der Waals surface area contributed by atoms with Crippen LogP contribution in [0.1, 0.15) is 0 Å². The number of thiophene rings is 4. The lowest BCUT2D eigenvalue weighted by molar-refractivity contribution is 1.29. The summed E-state index contributed by atoms with van der Waals surface area (Å²) < 4.78 is 10.5. The van der Waals surface area contributed by atoms with Crippen LogP contribution in [0.5, 0.6) is 0 Å². The molecule has 6 heteroatoms. The number of nitrogens with zero attached hydrogens (tertiary/aromatic N) is 2. The zero-order chi connectivity index (χ0) is 49.8. The topological polar surface area (TPSA) is 6.48 Å². The second-order valence-electron chi connectivity index (χ2n) is 19.6. The quantitative estimate of drug-likeness (QED) is 0.150. The van der Waals surface area contributed by atoms with E-state index in [4.69, 9.17) is 0 Å². The highest BCUT2D eigenvalue weighted by Crippen LogP contribution is 2.47. The minimum Gasteiger partial charge on any atom is -0.310 e. The van der Waals surface area contributed by atoms with Gasteiger partial charge < -0.3 is 9.80 Å². The molecule has 0 saturated heterocycles. The predicted octanol–water partition coefficient (Wildman–Crippen LogP) is 22.6. The number of benzene rings is 12. The second-order valence-corrected chi connectivity index (χ2v) is 23.9. The molecule has 0 N–H and O–H groups in total. The van der Waals surface area contributed by atoms with E-state index in [9.17, 15) is 0 Å². The van der Waals surface area contributed by atoms with Crippen LogP contribution < -0.4 is 9.80 Å². The van der Waals surface area contributed by atoms with Gasteiger partial charge >= 0.3 is 0 Å². The van der Waals surface area contributed by atoms with E-state index in [1.807, 2.05) is 45.3 Å².